The second-order valence-electron chi connectivity index (χ2n) is 8.24. The van der Waals surface area contributed by atoms with Crippen LogP contribution in [0.25, 0.3) is 27.7 Å². The number of esters is 1. The Morgan fingerprint density at radius 1 is 1.15 bits per heavy atom. The smallest absolute Gasteiger partial charge is 0.308 e. The molecule has 0 unspecified atom stereocenters. The normalized spacial score (nSPS) is 15.0. The second-order valence-corrected chi connectivity index (χ2v) is 8.24. The van der Waals surface area contributed by atoms with Gasteiger partial charge in [-0.15, -0.1) is 0 Å². The van der Waals surface area contributed by atoms with Crippen LogP contribution in [0.1, 0.15) is 32.3 Å². The molecule has 172 valence electrons. The van der Waals surface area contributed by atoms with Crippen molar-refractivity contribution in [2.75, 3.05) is 26.8 Å². The summed E-state index contributed by atoms with van der Waals surface area (Å²) < 4.78 is 16.5. The SMILES string of the molecule is CCOc1cc2occ(-c3ccccc3)c2cc1/C(C)=C/C(=O)N1CCC(C(=O)OC)CC1. The molecule has 1 aromatic heterocycles. The number of benzene rings is 2. The number of ether oxygens (including phenoxy) is 2. The van der Waals surface area contributed by atoms with E-state index in [9.17, 15) is 9.59 Å². The molecule has 2 aromatic carbocycles. The Bertz CT molecular complexity index is 1170. The van der Waals surface area contributed by atoms with Gasteiger partial charge in [-0.1, -0.05) is 30.3 Å². The van der Waals surface area contributed by atoms with Gasteiger partial charge in [0.05, 0.1) is 25.9 Å². The molecule has 6 nitrogen and oxygen atoms in total. The van der Waals surface area contributed by atoms with E-state index >= 15 is 0 Å². The van der Waals surface area contributed by atoms with E-state index in [1.54, 1.807) is 17.2 Å². The first-order valence-corrected chi connectivity index (χ1v) is 11.3. The molecule has 0 bridgehead atoms. The third kappa shape index (κ3) is 4.80. The van der Waals surface area contributed by atoms with E-state index in [0.29, 0.717) is 38.3 Å². The lowest BCUT2D eigenvalue weighted by Crippen LogP contribution is -2.39. The highest BCUT2D eigenvalue weighted by atomic mass is 16.5. The number of amides is 1. The van der Waals surface area contributed by atoms with Crippen LogP contribution >= 0.6 is 0 Å². The highest BCUT2D eigenvalue weighted by Crippen LogP contribution is 2.37. The number of allylic oxidation sites excluding steroid dienone is 1. The highest BCUT2D eigenvalue weighted by Gasteiger charge is 2.27. The molecule has 2 heterocycles. The lowest BCUT2D eigenvalue weighted by Gasteiger charge is -2.30. The Morgan fingerprint density at radius 2 is 1.88 bits per heavy atom. The Labute approximate surface area is 193 Å². The van der Waals surface area contributed by atoms with Crippen molar-refractivity contribution in [1.82, 2.24) is 4.90 Å². The van der Waals surface area contributed by atoms with Gasteiger partial charge in [0.1, 0.15) is 11.3 Å². The van der Waals surface area contributed by atoms with Crippen LogP contribution in [0.15, 0.2) is 59.2 Å². The first-order chi connectivity index (χ1) is 16.0. The number of rotatable bonds is 6. The summed E-state index contributed by atoms with van der Waals surface area (Å²) in [6.45, 7) is 5.44. The molecule has 1 fully saturated rings. The third-order valence-corrected chi connectivity index (χ3v) is 6.17. The van der Waals surface area contributed by atoms with Crippen molar-refractivity contribution in [3.05, 3.63) is 60.4 Å². The molecule has 0 atom stereocenters. The highest BCUT2D eigenvalue weighted by molar-refractivity contribution is 6.00. The van der Waals surface area contributed by atoms with Crippen molar-refractivity contribution in [3.63, 3.8) is 0 Å². The minimum absolute atomic E-state index is 0.0613. The van der Waals surface area contributed by atoms with Crippen LogP contribution in [0.5, 0.6) is 5.75 Å². The minimum atomic E-state index is -0.196. The molecule has 6 heteroatoms. The van der Waals surface area contributed by atoms with Crippen LogP contribution in [0, 0.1) is 5.92 Å². The van der Waals surface area contributed by atoms with Gasteiger partial charge in [-0.25, -0.2) is 0 Å². The number of piperidine rings is 1. The topological polar surface area (TPSA) is 69.0 Å². The number of methoxy groups -OCH3 is 1. The maximum absolute atomic E-state index is 13.0. The van der Waals surface area contributed by atoms with E-state index in [-0.39, 0.29) is 17.8 Å². The number of fused-ring (bicyclic) bond motifs is 1. The summed E-state index contributed by atoms with van der Waals surface area (Å²) in [5, 5.41) is 0.971. The van der Waals surface area contributed by atoms with Crippen LogP contribution in [-0.4, -0.2) is 43.6 Å². The molecule has 1 amide bonds. The molecular formula is C27H29NO5. The monoisotopic (exact) mass is 447 g/mol. The summed E-state index contributed by atoms with van der Waals surface area (Å²) in [6.07, 6.45) is 4.66. The summed E-state index contributed by atoms with van der Waals surface area (Å²) in [4.78, 5) is 26.5. The quantitative estimate of drug-likeness (QED) is 0.378. The van der Waals surface area contributed by atoms with Gasteiger partial charge < -0.3 is 18.8 Å². The fourth-order valence-electron chi connectivity index (χ4n) is 4.34. The van der Waals surface area contributed by atoms with E-state index in [0.717, 1.165) is 33.2 Å². The second kappa shape index (κ2) is 9.94. The number of hydrogen-bond donors (Lipinski definition) is 0. The zero-order valence-electron chi connectivity index (χ0n) is 19.3. The number of furan rings is 1. The predicted molar refractivity (Wildman–Crippen MR) is 128 cm³/mol. The predicted octanol–water partition coefficient (Wildman–Crippen LogP) is 5.31. The molecule has 3 aromatic rings. The maximum Gasteiger partial charge on any atom is 0.308 e. The summed E-state index contributed by atoms with van der Waals surface area (Å²) >= 11 is 0. The Balaban J connectivity index is 1.63. The van der Waals surface area contributed by atoms with E-state index < -0.39 is 0 Å². The van der Waals surface area contributed by atoms with Crippen molar-refractivity contribution in [3.8, 4) is 16.9 Å². The van der Waals surface area contributed by atoms with Crippen LogP contribution in [-0.2, 0) is 14.3 Å². The standard InChI is InChI=1S/C27H29NO5/c1-4-32-24-16-25-22(23(17-33-25)19-8-6-5-7-9-19)15-21(24)18(2)14-26(29)28-12-10-20(11-13-28)27(30)31-3/h5-9,14-17,20H,4,10-13H2,1-3H3/b18-14+. The van der Waals surface area contributed by atoms with E-state index in [4.69, 9.17) is 13.9 Å². The molecular weight excluding hydrogens is 418 g/mol. The Hall–Kier alpha value is -3.54. The first-order valence-electron chi connectivity index (χ1n) is 11.3. The zero-order chi connectivity index (χ0) is 23.4. The molecule has 0 saturated carbocycles. The van der Waals surface area contributed by atoms with Crippen molar-refractivity contribution >= 4 is 28.4 Å². The number of carbonyl (C=O) groups is 2. The number of hydrogen-bond acceptors (Lipinski definition) is 5. The summed E-state index contributed by atoms with van der Waals surface area (Å²) in [5.41, 5.74) is 4.49. The van der Waals surface area contributed by atoms with E-state index in [1.165, 1.54) is 7.11 Å². The van der Waals surface area contributed by atoms with Gasteiger partial charge in [0.25, 0.3) is 0 Å². The molecule has 0 aliphatic carbocycles. The van der Waals surface area contributed by atoms with Gasteiger partial charge in [0.2, 0.25) is 5.91 Å². The van der Waals surface area contributed by atoms with Crippen LogP contribution in [0.4, 0.5) is 0 Å². The van der Waals surface area contributed by atoms with E-state index in [1.807, 2.05) is 56.3 Å². The average Bonchev–Trinajstić information content (AvgIpc) is 3.26. The molecule has 4 rings (SSSR count). The lowest BCUT2D eigenvalue weighted by molar-refractivity contribution is -0.148. The third-order valence-electron chi connectivity index (χ3n) is 6.17. The lowest BCUT2D eigenvalue weighted by atomic mass is 9.96. The fraction of sp³-hybridized carbons (Fsp3) is 0.333. The number of likely N-dealkylation sites (tertiary alicyclic amines) is 1. The van der Waals surface area contributed by atoms with Crippen molar-refractivity contribution < 1.29 is 23.5 Å². The van der Waals surface area contributed by atoms with Crippen molar-refractivity contribution in [2.45, 2.75) is 26.7 Å². The van der Waals surface area contributed by atoms with E-state index in [2.05, 4.69) is 0 Å². The van der Waals surface area contributed by atoms with Crippen LogP contribution in [0.2, 0.25) is 0 Å². The first kappa shape index (κ1) is 22.6. The zero-order valence-corrected chi connectivity index (χ0v) is 19.3. The van der Waals surface area contributed by atoms with Gasteiger partial charge in [0, 0.05) is 41.7 Å². The Kier molecular flexibility index (Phi) is 6.82. The molecule has 33 heavy (non-hydrogen) atoms. The van der Waals surface area contributed by atoms with Gasteiger partial charge in [-0.3, -0.25) is 9.59 Å². The van der Waals surface area contributed by atoms with Gasteiger partial charge in [0.15, 0.2) is 0 Å². The molecule has 1 aliphatic rings. The number of nitrogens with zero attached hydrogens (tertiary/aromatic N) is 1. The van der Waals surface area contributed by atoms with Gasteiger partial charge in [-0.2, -0.15) is 0 Å². The molecule has 0 N–H and O–H groups in total. The molecule has 1 saturated heterocycles. The molecule has 0 spiro atoms. The molecule has 1 aliphatic heterocycles. The van der Waals surface area contributed by atoms with Crippen molar-refractivity contribution in [1.29, 1.82) is 0 Å². The van der Waals surface area contributed by atoms with Crippen LogP contribution < -0.4 is 4.74 Å². The molecule has 0 radical (unpaired) electrons. The maximum atomic E-state index is 13.0. The number of carbonyl (C=O) groups excluding carboxylic acids is 2. The van der Waals surface area contributed by atoms with Crippen molar-refractivity contribution in [2.24, 2.45) is 5.92 Å². The fourth-order valence-corrected chi connectivity index (χ4v) is 4.34. The van der Waals surface area contributed by atoms with Gasteiger partial charge >= 0.3 is 5.97 Å². The largest absolute Gasteiger partial charge is 0.493 e. The van der Waals surface area contributed by atoms with Crippen LogP contribution in [0.3, 0.4) is 0 Å². The summed E-state index contributed by atoms with van der Waals surface area (Å²) in [6, 6.07) is 14.0. The summed E-state index contributed by atoms with van der Waals surface area (Å²) in [7, 11) is 1.40. The average molecular weight is 448 g/mol. The minimum Gasteiger partial charge on any atom is -0.493 e. The van der Waals surface area contributed by atoms with Gasteiger partial charge in [-0.05, 0) is 43.9 Å². The summed E-state index contributed by atoms with van der Waals surface area (Å²) in [5.74, 6) is 0.296. The Morgan fingerprint density at radius 3 is 2.55 bits per heavy atom.